The van der Waals surface area contributed by atoms with Crippen molar-refractivity contribution in [2.24, 2.45) is 0 Å². The number of pyridine rings is 2. The molecule has 138 valence electrons. The molecule has 2 N–H and O–H groups in total. The van der Waals surface area contributed by atoms with Gasteiger partial charge < -0.3 is 15.0 Å². The molecule has 1 atom stereocenters. The Balaban J connectivity index is 1.88. The highest BCUT2D eigenvalue weighted by molar-refractivity contribution is 5.98. The summed E-state index contributed by atoms with van der Waals surface area (Å²) in [6.45, 7) is 1.81. The molecule has 0 aliphatic heterocycles. The van der Waals surface area contributed by atoms with Gasteiger partial charge in [0.15, 0.2) is 0 Å². The SMILES string of the molecule is COC(=O)C(Cc1ccccc1)NC(=O)c1c[nH]c2nc(C)ccc2c1=O. The molecule has 27 heavy (non-hydrogen) atoms. The average Bonchev–Trinajstić information content (AvgIpc) is 2.67. The van der Waals surface area contributed by atoms with Crippen LogP contribution in [0.5, 0.6) is 0 Å². The molecule has 1 unspecified atom stereocenters. The van der Waals surface area contributed by atoms with Crippen molar-refractivity contribution >= 4 is 22.9 Å². The Bertz CT molecular complexity index is 1040. The highest BCUT2D eigenvalue weighted by Crippen LogP contribution is 2.08. The zero-order valence-corrected chi connectivity index (χ0v) is 15.0. The molecule has 0 bridgehead atoms. The minimum Gasteiger partial charge on any atom is -0.467 e. The Morgan fingerprint density at radius 1 is 1.19 bits per heavy atom. The number of carbonyl (C=O) groups is 2. The molecule has 0 saturated heterocycles. The van der Waals surface area contributed by atoms with E-state index in [2.05, 4.69) is 15.3 Å². The number of amides is 1. The number of methoxy groups -OCH3 is 1. The minimum atomic E-state index is -0.906. The molecule has 2 heterocycles. The standard InChI is InChI=1S/C20H19N3O4/c1-12-8-9-14-17(24)15(11-21-18(14)22-12)19(25)23-16(20(26)27-2)10-13-6-4-3-5-7-13/h3-9,11,16H,10H2,1-2H3,(H,23,25)(H,21,22,24). The van der Waals surface area contributed by atoms with Crippen molar-refractivity contribution in [2.75, 3.05) is 7.11 Å². The number of nitrogens with one attached hydrogen (secondary N) is 2. The minimum absolute atomic E-state index is 0.0879. The monoisotopic (exact) mass is 365 g/mol. The summed E-state index contributed by atoms with van der Waals surface area (Å²) in [5.41, 5.74) is 1.49. The molecule has 0 aliphatic carbocycles. The molecule has 0 radical (unpaired) electrons. The summed E-state index contributed by atoms with van der Waals surface area (Å²) in [5.74, 6) is -1.23. The number of hydrogen-bond acceptors (Lipinski definition) is 5. The zero-order valence-electron chi connectivity index (χ0n) is 15.0. The largest absolute Gasteiger partial charge is 0.467 e. The van der Waals surface area contributed by atoms with E-state index in [0.29, 0.717) is 11.0 Å². The number of esters is 1. The van der Waals surface area contributed by atoms with Crippen LogP contribution in [0, 0.1) is 6.92 Å². The van der Waals surface area contributed by atoms with E-state index in [1.165, 1.54) is 13.3 Å². The van der Waals surface area contributed by atoms with Crippen LogP contribution in [0.2, 0.25) is 0 Å². The van der Waals surface area contributed by atoms with E-state index in [4.69, 9.17) is 4.74 Å². The van der Waals surface area contributed by atoms with Gasteiger partial charge in [0.05, 0.1) is 12.5 Å². The summed E-state index contributed by atoms with van der Waals surface area (Å²) in [7, 11) is 1.25. The summed E-state index contributed by atoms with van der Waals surface area (Å²) in [5, 5.41) is 2.91. The van der Waals surface area contributed by atoms with Crippen molar-refractivity contribution in [1.29, 1.82) is 0 Å². The van der Waals surface area contributed by atoms with Crippen LogP contribution >= 0.6 is 0 Å². The normalized spacial score (nSPS) is 11.8. The maximum Gasteiger partial charge on any atom is 0.328 e. The topological polar surface area (TPSA) is 101 Å². The Morgan fingerprint density at radius 3 is 2.63 bits per heavy atom. The first-order valence-corrected chi connectivity index (χ1v) is 8.41. The van der Waals surface area contributed by atoms with Crippen LogP contribution in [0.3, 0.4) is 0 Å². The van der Waals surface area contributed by atoms with E-state index in [1.807, 2.05) is 37.3 Å². The maximum absolute atomic E-state index is 12.6. The van der Waals surface area contributed by atoms with Crippen molar-refractivity contribution in [3.8, 4) is 0 Å². The highest BCUT2D eigenvalue weighted by atomic mass is 16.5. The molecule has 0 fully saturated rings. The van der Waals surface area contributed by atoms with E-state index in [9.17, 15) is 14.4 Å². The fourth-order valence-electron chi connectivity index (χ4n) is 2.79. The third kappa shape index (κ3) is 4.03. The summed E-state index contributed by atoms with van der Waals surface area (Å²) >= 11 is 0. The summed E-state index contributed by atoms with van der Waals surface area (Å²) < 4.78 is 4.79. The molecule has 1 amide bonds. The van der Waals surface area contributed by atoms with Crippen LogP contribution in [-0.4, -0.2) is 35.0 Å². The quantitative estimate of drug-likeness (QED) is 0.671. The number of aryl methyl sites for hydroxylation is 1. The molecule has 1 aromatic carbocycles. The molecule has 7 nitrogen and oxygen atoms in total. The van der Waals surface area contributed by atoms with Crippen LogP contribution < -0.4 is 10.7 Å². The second kappa shape index (κ2) is 7.82. The van der Waals surface area contributed by atoms with Gasteiger partial charge in [0.2, 0.25) is 5.43 Å². The molecule has 0 saturated carbocycles. The predicted octanol–water partition coefficient (Wildman–Crippen LogP) is 1.75. The number of nitrogens with zero attached hydrogens (tertiary/aromatic N) is 1. The van der Waals surface area contributed by atoms with Crippen molar-refractivity contribution < 1.29 is 14.3 Å². The van der Waals surface area contributed by atoms with Gasteiger partial charge in [0, 0.05) is 18.3 Å². The van der Waals surface area contributed by atoms with Crippen LogP contribution in [0.15, 0.2) is 53.5 Å². The van der Waals surface area contributed by atoms with Crippen LogP contribution in [-0.2, 0) is 16.0 Å². The highest BCUT2D eigenvalue weighted by Gasteiger charge is 2.24. The maximum atomic E-state index is 12.6. The predicted molar refractivity (Wildman–Crippen MR) is 101 cm³/mol. The average molecular weight is 365 g/mol. The third-order valence-corrected chi connectivity index (χ3v) is 4.20. The molecule has 7 heteroatoms. The van der Waals surface area contributed by atoms with Gasteiger partial charge >= 0.3 is 5.97 Å². The lowest BCUT2D eigenvalue weighted by molar-refractivity contribution is -0.142. The summed E-state index contributed by atoms with van der Waals surface area (Å²) in [6.07, 6.45) is 1.56. The van der Waals surface area contributed by atoms with Gasteiger partial charge in [-0.1, -0.05) is 30.3 Å². The van der Waals surface area contributed by atoms with Crippen molar-refractivity contribution in [3.63, 3.8) is 0 Å². The Morgan fingerprint density at radius 2 is 1.93 bits per heavy atom. The lowest BCUT2D eigenvalue weighted by atomic mass is 10.1. The Hall–Kier alpha value is -3.48. The smallest absolute Gasteiger partial charge is 0.328 e. The molecular formula is C20H19N3O4. The van der Waals surface area contributed by atoms with E-state index in [1.54, 1.807) is 12.1 Å². The molecule has 2 aromatic heterocycles. The van der Waals surface area contributed by atoms with Gasteiger partial charge in [0.1, 0.15) is 17.3 Å². The number of carbonyl (C=O) groups excluding carboxylic acids is 2. The van der Waals surface area contributed by atoms with E-state index in [-0.39, 0.29) is 12.0 Å². The number of hydrogen-bond donors (Lipinski definition) is 2. The molecule has 3 aromatic rings. The van der Waals surface area contributed by atoms with Crippen molar-refractivity contribution in [2.45, 2.75) is 19.4 Å². The third-order valence-electron chi connectivity index (χ3n) is 4.20. The number of benzene rings is 1. The van der Waals surface area contributed by atoms with Crippen LogP contribution in [0.4, 0.5) is 0 Å². The Kier molecular flexibility index (Phi) is 5.30. The van der Waals surface area contributed by atoms with Gasteiger partial charge in [-0.15, -0.1) is 0 Å². The number of rotatable bonds is 5. The summed E-state index contributed by atoms with van der Waals surface area (Å²) in [4.78, 5) is 44.4. The first-order chi connectivity index (χ1) is 13.0. The van der Waals surface area contributed by atoms with Gasteiger partial charge in [-0.3, -0.25) is 9.59 Å². The zero-order chi connectivity index (χ0) is 19.4. The number of aromatic amines is 1. The fourth-order valence-corrected chi connectivity index (χ4v) is 2.79. The van der Waals surface area contributed by atoms with Crippen LogP contribution in [0.1, 0.15) is 21.6 Å². The van der Waals surface area contributed by atoms with E-state index >= 15 is 0 Å². The second-order valence-corrected chi connectivity index (χ2v) is 6.12. The van der Waals surface area contributed by atoms with Gasteiger partial charge in [-0.25, -0.2) is 9.78 Å². The van der Waals surface area contributed by atoms with E-state index in [0.717, 1.165) is 11.3 Å². The number of fused-ring (bicyclic) bond motifs is 1. The van der Waals surface area contributed by atoms with E-state index < -0.39 is 23.3 Å². The fraction of sp³-hybridized carbons (Fsp3) is 0.200. The molecule has 3 rings (SSSR count). The second-order valence-electron chi connectivity index (χ2n) is 6.12. The van der Waals surface area contributed by atoms with Crippen molar-refractivity contribution in [1.82, 2.24) is 15.3 Å². The first-order valence-electron chi connectivity index (χ1n) is 8.41. The van der Waals surface area contributed by atoms with Gasteiger partial charge in [-0.05, 0) is 24.6 Å². The molecule has 0 aliphatic rings. The first kappa shape index (κ1) is 18.3. The number of aromatic nitrogens is 2. The lowest BCUT2D eigenvalue weighted by Gasteiger charge is -2.16. The number of H-pyrrole nitrogens is 1. The molecule has 0 spiro atoms. The Labute approximate surface area is 155 Å². The summed E-state index contributed by atoms with van der Waals surface area (Å²) in [6, 6.07) is 11.7. The lowest BCUT2D eigenvalue weighted by Crippen LogP contribution is -2.44. The number of ether oxygens (including phenoxy) is 1. The van der Waals surface area contributed by atoms with Crippen LogP contribution in [0.25, 0.3) is 11.0 Å². The van der Waals surface area contributed by atoms with Crippen molar-refractivity contribution in [3.05, 3.63) is 75.7 Å². The molecular weight excluding hydrogens is 346 g/mol. The van der Waals surface area contributed by atoms with Gasteiger partial charge in [0.25, 0.3) is 5.91 Å². The van der Waals surface area contributed by atoms with Gasteiger partial charge in [-0.2, -0.15) is 0 Å².